The van der Waals surface area contributed by atoms with Crippen LogP contribution in [0.5, 0.6) is 5.88 Å². The second-order valence-corrected chi connectivity index (χ2v) is 9.52. The van der Waals surface area contributed by atoms with E-state index in [0.29, 0.717) is 23.3 Å². The van der Waals surface area contributed by atoms with Crippen molar-refractivity contribution < 1.29 is 9.47 Å². The van der Waals surface area contributed by atoms with Gasteiger partial charge in [-0.15, -0.1) is 0 Å². The Balaban J connectivity index is 1.76. The molecule has 1 aromatic carbocycles. The molecule has 8 nitrogen and oxygen atoms in total. The molecule has 0 spiro atoms. The van der Waals surface area contributed by atoms with Gasteiger partial charge in [0.1, 0.15) is 11.4 Å². The number of methoxy groups -OCH3 is 2. The molecule has 0 saturated carbocycles. The number of rotatable bonds is 8. The number of benzene rings is 1. The van der Waals surface area contributed by atoms with Crippen LogP contribution in [0.15, 0.2) is 53.3 Å². The van der Waals surface area contributed by atoms with Gasteiger partial charge in [0.05, 0.1) is 12.7 Å². The van der Waals surface area contributed by atoms with Crippen LogP contribution in [0.4, 0.5) is 5.69 Å². The molecular formula is C27H40N6O2. The fourth-order valence-corrected chi connectivity index (χ4v) is 4.37. The number of allylic oxidation sites excluding steroid dienone is 1. The van der Waals surface area contributed by atoms with E-state index in [4.69, 9.17) is 20.2 Å². The molecule has 0 amide bonds. The molecule has 2 aromatic rings. The summed E-state index contributed by atoms with van der Waals surface area (Å²) in [5, 5.41) is 2.24. The molecule has 3 rings (SSSR count). The normalized spacial score (nSPS) is 17.9. The van der Waals surface area contributed by atoms with E-state index in [-0.39, 0.29) is 5.60 Å². The van der Waals surface area contributed by atoms with Crippen molar-refractivity contribution in [1.82, 2.24) is 15.4 Å². The minimum Gasteiger partial charge on any atom is -0.479 e. The summed E-state index contributed by atoms with van der Waals surface area (Å²) >= 11 is 0. The van der Waals surface area contributed by atoms with Gasteiger partial charge in [-0.05, 0) is 62.8 Å². The molecule has 3 N–H and O–H groups in total. The Morgan fingerprint density at radius 1 is 1.29 bits per heavy atom. The summed E-state index contributed by atoms with van der Waals surface area (Å²) in [6.45, 7) is 7.87. The first kappa shape index (κ1) is 26.5. The van der Waals surface area contributed by atoms with Crippen molar-refractivity contribution in [3.63, 3.8) is 0 Å². The van der Waals surface area contributed by atoms with Crippen LogP contribution in [0.25, 0.3) is 0 Å². The maximum atomic E-state index is 5.83. The van der Waals surface area contributed by atoms with Gasteiger partial charge < -0.3 is 25.5 Å². The number of aromatic nitrogens is 1. The molecule has 0 radical (unpaired) electrons. The molecule has 35 heavy (non-hydrogen) atoms. The number of hydrogen-bond acceptors (Lipinski definition) is 7. The Morgan fingerprint density at radius 2 is 2.06 bits per heavy atom. The molecule has 0 bridgehead atoms. The van der Waals surface area contributed by atoms with E-state index in [9.17, 15) is 0 Å². The molecule has 1 aromatic heterocycles. The molecule has 1 aliphatic heterocycles. The van der Waals surface area contributed by atoms with Crippen LogP contribution in [0.1, 0.15) is 56.4 Å². The van der Waals surface area contributed by atoms with Gasteiger partial charge in [-0.2, -0.15) is 0 Å². The first-order valence-electron chi connectivity index (χ1n) is 12.0. The van der Waals surface area contributed by atoms with Crippen LogP contribution in [-0.4, -0.2) is 57.2 Å². The van der Waals surface area contributed by atoms with Crippen molar-refractivity contribution in [2.45, 2.75) is 45.1 Å². The van der Waals surface area contributed by atoms with E-state index >= 15 is 0 Å². The number of anilines is 1. The van der Waals surface area contributed by atoms with Crippen LogP contribution in [0, 0.1) is 0 Å². The number of hydrazine groups is 1. The summed E-state index contributed by atoms with van der Waals surface area (Å²) in [5.74, 6) is 1.64. The van der Waals surface area contributed by atoms with E-state index < -0.39 is 0 Å². The lowest BCUT2D eigenvalue weighted by Crippen LogP contribution is -2.47. The van der Waals surface area contributed by atoms with E-state index in [1.54, 1.807) is 21.3 Å². The van der Waals surface area contributed by atoms with Gasteiger partial charge in [-0.3, -0.25) is 4.99 Å². The maximum absolute atomic E-state index is 5.83. The lowest BCUT2D eigenvalue weighted by Gasteiger charge is -2.34. The number of nitrogens with zero attached hydrogens (tertiary/aromatic N) is 4. The highest BCUT2D eigenvalue weighted by molar-refractivity contribution is 5.97. The number of piperidine rings is 1. The van der Waals surface area contributed by atoms with Gasteiger partial charge in [0, 0.05) is 46.2 Å². The lowest BCUT2D eigenvalue weighted by atomic mass is 9.87. The van der Waals surface area contributed by atoms with E-state index in [1.807, 2.05) is 37.2 Å². The molecule has 1 saturated heterocycles. The third-order valence-corrected chi connectivity index (χ3v) is 6.53. The second-order valence-electron chi connectivity index (χ2n) is 9.52. The zero-order valence-corrected chi connectivity index (χ0v) is 22.1. The monoisotopic (exact) mass is 480 g/mol. The number of nitrogens with one attached hydrogen (secondary N) is 1. The van der Waals surface area contributed by atoms with Crippen molar-refractivity contribution in [3.8, 4) is 5.88 Å². The predicted octanol–water partition coefficient (Wildman–Crippen LogP) is 3.99. The van der Waals surface area contributed by atoms with Crippen LogP contribution in [-0.2, 0) is 10.3 Å². The molecule has 1 atom stereocenters. The number of ether oxygens (including phenoxy) is 2. The Bertz CT molecular complexity index is 1060. The largest absolute Gasteiger partial charge is 0.479 e. The standard InChI is InChI=1S/C27H40N6O2/c1-19(28)17-32(5)24-14-13-23(30-26(24)34-6)25(29-4)31-33-15-9-11-21(18-33)20-10-8-12-22(16-20)27(2,3)35-7/h8,10,12-14,16-17,21H,9,11,15,18,28H2,1-7H3,(H,29,31)/b19-17-/t21-/m1/s1. The Hall–Kier alpha value is -3.10. The summed E-state index contributed by atoms with van der Waals surface area (Å²) in [4.78, 5) is 11.1. The Kier molecular flexibility index (Phi) is 8.75. The molecular weight excluding hydrogens is 440 g/mol. The van der Waals surface area contributed by atoms with Crippen LogP contribution in [0.3, 0.4) is 0 Å². The van der Waals surface area contributed by atoms with Gasteiger partial charge in [0.2, 0.25) is 5.88 Å². The quantitative estimate of drug-likeness (QED) is 0.436. The molecule has 1 aliphatic rings. The zero-order valence-electron chi connectivity index (χ0n) is 22.1. The fourth-order valence-electron chi connectivity index (χ4n) is 4.37. The zero-order chi connectivity index (χ0) is 25.6. The lowest BCUT2D eigenvalue weighted by molar-refractivity contribution is 0.0191. The van der Waals surface area contributed by atoms with Crippen LogP contribution in [0.2, 0.25) is 0 Å². The third kappa shape index (κ3) is 6.52. The van der Waals surface area contributed by atoms with Gasteiger partial charge in [0.25, 0.3) is 0 Å². The molecule has 1 fully saturated rings. The van der Waals surface area contributed by atoms with E-state index in [2.05, 4.69) is 53.5 Å². The molecule has 190 valence electrons. The van der Waals surface area contributed by atoms with Crippen molar-refractivity contribution in [2.75, 3.05) is 46.3 Å². The highest BCUT2D eigenvalue weighted by Crippen LogP contribution is 2.31. The van der Waals surface area contributed by atoms with Gasteiger partial charge >= 0.3 is 0 Å². The fraction of sp³-hybridized carbons (Fsp3) is 0.481. The molecule has 8 heteroatoms. The number of amidine groups is 1. The topological polar surface area (TPSA) is 88.2 Å². The summed E-state index contributed by atoms with van der Waals surface area (Å²) in [7, 11) is 7.06. The summed E-state index contributed by atoms with van der Waals surface area (Å²) in [6.07, 6.45) is 4.08. The van der Waals surface area contributed by atoms with E-state index in [1.165, 1.54) is 11.1 Å². The van der Waals surface area contributed by atoms with Crippen molar-refractivity contribution >= 4 is 11.5 Å². The van der Waals surface area contributed by atoms with Crippen LogP contribution >= 0.6 is 0 Å². The Morgan fingerprint density at radius 3 is 2.71 bits per heavy atom. The second kappa shape index (κ2) is 11.6. The minimum atomic E-state index is -0.311. The number of pyridine rings is 1. The highest BCUT2D eigenvalue weighted by atomic mass is 16.5. The number of aliphatic imine (C=N–C) groups is 1. The molecule has 0 aliphatic carbocycles. The van der Waals surface area contributed by atoms with Crippen molar-refractivity contribution in [1.29, 1.82) is 0 Å². The number of nitrogens with two attached hydrogens (primary N) is 1. The average molecular weight is 481 g/mol. The molecule has 2 heterocycles. The van der Waals surface area contributed by atoms with E-state index in [0.717, 1.165) is 37.3 Å². The SMILES string of the molecule is CN=C(NN1CCC[C@@H](c2cccc(C(C)(C)OC)c2)C1)c1ccc(N(C)/C=C(/C)N)c(OC)n1. The first-order chi connectivity index (χ1) is 16.7. The maximum Gasteiger partial charge on any atom is 0.238 e. The number of hydrogen-bond donors (Lipinski definition) is 2. The van der Waals surface area contributed by atoms with Crippen molar-refractivity contribution in [3.05, 3.63) is 65.1 Å². The predicted molar refractivity (Wildman–Crippen MR) is 143 cm³/mol. The summed E-state index contributed by atoms with van der Waals surface area (Å²) in [6, 6.07) is 12.7. The smallest absolute Gasteiger partial charge is 0.238 e. The summed E-state index contributed by atoms with van der Waals surface area (Å²) in [5.41, 5.74) is 13.8. The average Bonchev–Trinajstić information content (AvgIpc) is 2.86. The van der Waals surface area contributed by atoms with Crippen molar-refractivity contribution in [2.24, 2.45) is 10.7 Å². The molecule has 0 unspecified atom stereocenters. The summed E-state index contributed by atoms with van der Waals surface area (Å²) < 4.78 is 11.3. The minimum absolute atomic E-state index is 0.311. The van der Waals surface area contributed by atoms with Gasteiger partial charge in [0.15, 0.2) is 5.84 Å². The van der Waals surface area contributed by atoms with Gasteiger partial charge in [-0.25, -0.2) is 9.99 Å². The first-order valence-corrected chi connectivity index (χ1v) is 12.0. The highest BCUT2D eigenvalue weighted by Gasteiger charge is 2.25. The third-order valence-electron chi connectivity index (χ3n) is 6.53. The van der Waals surface area contributed by atoms with Crippen LogP contribution < -0.4 is 20.8 Å². The Labute approximate surface area is 209 Å². The van der Waals surface area contributed by atoms with Gasteiger partial charge in [-0.1, -0.05) is 24.3 Å².